The first-order valence-electron chi connectivity index (χ1n) is 12.6. The quantitative estimate of drug-likeness (QED) is 0.309. The van der Waals surface area contributed by atoms with Crippen LogP contribution in [0.2, 0.25) is 0 Å². The van der Waals surface area contributed by atoms with Crippen LogP contribution in [0.4, 0.5) is 0 Å². The van der Waals surface area contributed by atoms with Crippen molar-refractivity contribution < 1.29 is 4.74 Å². The summed E-state index contributed by atoms with van der Waals surface area (Å²) in [5, 5.41) is 0. The molecule has 0 radical (unpaired) electrons. The van der Waals surface area contributed by atoms with Crippen LogP contribution in [0.25, 0.3) is 0 Å². The predicted octanol–water partition coefficient (Wildman–Crippen LogP) is 7.94. The average Bonchev–Trinajstić information content (AvgIpc) is 2.74. The summed E-state index contributed by atoms with van der Waals surface area (Å²) < 4.78 is 6.30. The summed E-state index contributed by atoms with van der Waals surface area (Å²) in [5.74, 6) is 4.68. The van der Waals surface area contributed by atoms with Crippen LogP contribution in [-0.2, 0) is 4.74 Å². The van der Waals surface area contributed by atoms with Crippen LogP contribution in [0.5, 0.6) is 0 Å². The van der Waals surface area contributed by atoms with Gasteiger partial charge in [-0.1, -0.05) is 70.9 Å². The molecule has 1 aliphatic heterocycles. The number of allylic oxidation sites excluding steroid dienone is 1. The molecule has 3 rings (SSSR count). The Balaban J connectivity index is 1.31. The van der Waals surface area contributed by atoms with E-state index >= 15 is 0 Å². The third-order valence-electron chi connectivity index (χ3n) is 8.19. The van der Waals surface area contributed by atoms with Gasteiger partial charge in [-0.25, -0.2) is 0 Å². The first-order valence-corrected chi connectivity index (χ1v) is 12.6. The van der Waals surface area contributed by atoms with E-state index in [1.165, 1.54) is 96.3 Å². The largest absolute Gasteiger partial charge is 0.374 e. The molecule has 2 unspecified atom stereocenters. The maximum Gasteiger partial charge on any atom is 0.0756 e. The highest BCUT2D eigenvalue weighted by Gasteiger charge is 2.30. The maximum atomic E-state index is 6.30. The number of unbranched alkanes of at least 4 members (excludes halogenated alkanes) is 2. The molecule has 2 aliphatic carbocycles. The van der Waals surface area contributed by atoms with Crippen LogP contribution in [0, 0.1) is 29.6 Å². The van der Waals surface area contributed by atoms with E-state index in [2.05, 4.69) is 26.0 Å². The van der Waals surface area contributed by atoms with Gasteiger partial charge in [0.2, 0.25) is 0 Å². The first kappa shape index (κ1) is 21.4. The fourth-order valence-electron chi connectivity index (χ4n) is 6.02. The molecule has 0 bridgehead atoms. The summed E-state index contributed by atoms with van der Waals surface area (Å²) in [6.07, 6.45) is 26.8. The molecule has 27 heavy (non-hydrogen) atoms. The molecule has 1 nitrogen and oxygen atoms in total. The number of hydrogen-bond acceptors (Lipinski definition) is 1. The van der Waals surface area contributed by atoms with E-state index in [1.54, 1.807) is 0 Å². The summed E-state index contributed by atoms with van der Waals surface area (Å²) in [5.41, 5.74) is 0. The van der Waals surface area contributed by atoms with Crippen molar-refractivity contribution in [1.82, 2.24) is 0 Å². The van der Waals surface area contributed by atoms with E-state index in [1.807, 2.05) is 0 Å². The van der Waals surface area contributed by atoms with Gasteiger partial charge in [0.25, 0.3) is 0 Å². The second-order valence-corrected chi connectivity index (χ2v) is 10.1. The summed E-state index contributed by atoms with van der Waals surface area (Å²) in [4.78, 5) is 0. The Morgan fingerprint density at radius 1 is 0.704 bits per heavy atom. The Labute approximate surface area is 169 Å². The molecular weight excluding hydrogens is 328 g/mol. The number of ether oxygens (including phenoxy) is 1. The second kappa shape index (κ2) is 11.6. The highest BCUT2D eigenvalue weighted by Crippen LogP contribution is 2.39. The van der Waals surface area contributed by atoms with Crippen molar-refractivity contribution in [3.63, 3.8) is 0 Å². The van der Waals surface area contributed by atoms with Gasteiger partial charge in [-0.3, -0.25) is 0 Å². The molecule has 1 heterocycles. The lowest BCUT2D eigenvalue weighted by atomic mass is 9.73. The molecule has 2 atom stereocenters. The molecular formula is C26H46O. The van der Waals surface area contributed by atoms with E-state index in [-0.39, 0.29) is 0 Å². The van der Waals surface area contributed by atoms with Gasteiger partial charge in [0.05, 0.1) is 12.7 Å². The van der Waals surface area contributed by atoms with E-state index in [0.29, 0.717) is 6.10 Å². The van der Waals surface area contributed by atoms with Gasteiger partial charge < -0.3 is 4.74 Å². The predicted molar refractivity (Wildman–Crippen MR) is 117 cm³/mol. The SMILES string of the molecule is CCCCCC1CCC(C2CCC(C=CC3CCC(CC)CC3)OC2)CC1. The van der Waals surface area contributed by atoms with E-state index in [9.17, 15) is 0 Å². The van der Waals surface area contributed by atoms with Crippen LogP contribution in [-0.4, -0.2) is 12.7 Å². The van der Waals surface area contributed by atoms with E-state index in [4.69, 9.17) is 4.74 Å². The standard InChI is InChI=1S/C26H46O/c1-3-5-6-7-22-12-15-24(16-13-22)25-17-19-26(27-20-25)18-14-23-10-8-21(4-2)9-11-23/h14,18,21-26H,3-13,15-17,19-20H2,1-2H3. The third-order valence-corrected chi connectivity index (χ3v) is 8.19. The zero-order valence-electron chi connectivity index (χ0n) is 18.3. The minimum absolute atomic E-state index is 0.413. The molecule has 0 spiro atoms. The Hall–Kier alpha value is -0.300. The van der Waals surface area contributed by atoms with Crippen molar-refractivity contribution >= 4 is 0 Å². The zero-order chi connectivity index (χ0) is 18.9. The van der Waals surface area contributed by atoms with Crippen molar-refractivity contribution in [1.29, 1.82) is 0 Å². The molecule has 1 heteroatoms. The summed E-state index contributed by atoms with van der Waals surface area (Å²) in [6, 6.07) is 0. The van der Waals surface area contributed by atoms with Gasteiger partial charge in [0, 0.05) is 0 Å². The van der Waals surface area contributed by atoms with Crippen molar-refractivity contribution in [2.45, 2.75) is 116 Å². The zero-order valence-corrected chi connectivity index (χ0v) is 18.3. The van der Waals surface area contributed by atoms with Gasteiger partial charge in [0.15, 0.2) is 0 Å². The van der Waals surface area contributed by atoms with Crippen LogP contribution < -0.4 is 0 Å². The summed E-state index contributed by atoms with van der Waals surface area (Å²) in [7, 11) is 0. The van der Waals surface area contributed by atoms with Gasteiger partial charge in [0.1, 0.15) is 0 Å². The molecule has 3 fully saturated rings. The third kappa shape index (κ3) is 6.91. The van der Waals surface area contributed by atoms with Crippen LogP contribution in [0.1, 0.15) is 110 Å². The highest BCUT2D eigenvalue weighted by atomic mass is 16.5. The fraction of sp³-hybridized carbons (Fsp3) is 0.923. The molecule has 0 aromatic carbocycles. The maximum absolute atomic E-state index is 6.30. The van der Waals surface area contributed by atoms with Gasteiger partial charge in [-0.15, -0.1) is 0 Å². The van der Waals surface area contributed by atoms with Gasteiger partial charge in [-0.05, 0) is 81.0 Å². The van der Waals surface area contributed by atoms with Gasteiger partial charge >= 0.3 is 0 Å². The second-order valence-electron chi connectivity index (χ2n) is 10.1. The van der Waals surface area contributed by atoms with Crippen LogP contribution >= 0.6 is 0 Å². The Kier molecular flexibility index (Phi) is 9.23. The van der Waals surface area contributed by atoms with Crippen molar-refractivity contribution in [3.8, 4) is 0 Å². The van der Waals surface area contributed by atoms with Crippen molar-refractivity contribution in [3.05, 3.63) is 12.2 Å². The van der Waals surface area contributed by atoms with E-state index < -0.39 is 0 Å². The van der Waals surface area contributed by atoms with Crippen molar-refractivity contribution in [2.24, 2.45) is 29.6 Å². The Morgan fingerprint density at radius 3 is 2.04 bits per heavy atom. The first-order chi connectivity index (χ1) is 13.3. The topological polar surface area (TPSA) is 9.23 Å². The lowest BCUT2D eigenvalue weighted by Crippen LogP contribution is -2.31. The Bertz CT molecular complexity index is 404. The monoisotopic (exact) mass is 374 g/mol. The lowest BCUT2D eigenvalue weighted by molar-refractivity contribution is -0.0170. The van der Waals surface area contributed by atoms with E-state index in [0.717, 1.165) is 36.2 Å². The molecule has 1 saturated heterocycles. The fourth-order valence-corrected chi connectivity index (χ4v) is 6.02. The molecule has 0 N–H and O–H groups in total. The molecule has 0 aromatic rings. The normalized spacial score (nSPS) is 38.3. The highest BCUT2D eigenvalue weighted by molar-refractivity contribution is 4.97. The minimum Gasteiger partial charge on any atom is -0.374 e. The smallest absolute Gasteiger partial charge is 0.0756 e. The van der Waals surface area contributed by atoms with Crippen LogP contribution in [0.3, 0.4) is 0 Å². The summed E-state index contributed by atoms with van der Waals surface area (Å²) in [6.45, 7) is 5.70. The molecule has 3 aliphatic rings. The minimum atomic E-state index is 0.413. The van der Waals surface area contributed by atoms with Crippen molar-refractivity contribution in [2.75, 3.05) is 6.61 Å². The molecule has 0 aromatic heterocycles. The molecule has 0 amide bonds. The Morgan fingerprint density at radius 2 is 1.41 bits per heavy atom. The van der Waals surface area contributed by atoms with Crippen LogP contribution in [0.15, 0.2) is 12.2 Å². The molecule has 156 valence electrons. The number of hydrogen-bond donors (Lipinski definition) is 0. The lowest BCUT2D eigenvalue weighted by Gasteiger charge is -2.37. The summed E-state index contributed by atoms with van der Waals surface area (Å²) >= 11 is 0. The molecule has 2 saturated carbocycles. The number of rotatable bonds is 8. The van der Waals surface area contributed by atoms with Gasteiger partial charge in [-0.2, -0.15) is 0 Å². The average molecular weight is 375 g/mol.